The summed E-state index contributed by atoms with van der Waals surface area (Å²) in [5.41, 5.74) is 5.78. The first-order valence-electron chi connectivity index (χ1n) is 7.75. The average molecular weight is 326 g/mol. The molecular weight excluding hydrogens is 304 g/mol. The van der Waals surface area contributed by atoms with E-state index in [-0.39, 0.29) is 5.91 Å². The first-order valence-corrected chi connectivity index (χ1v) is 7.75. The number of amides is 2. The third kappa shape index (κ3) is 5.12. The van der Waals surface area contributed by atoms with Crippen LogP contribution in [0.4, 0.5) is 4.79 Å². The van der Waals surface area contributed by atoms with Crippen molar-refractivity contribution in [2.45, 2.75) is 32.3 Å². The molecule has 0 saturated carbocycles. The summed E-state index contributed by atoms with van der Waals surface area (Å²) >= 11 is 0. The van der Waals surface area contributed by atoms with Crippen molar-refractivity contribution in [2.75, 3.05) is 0 Å². The second-order valence-corrected chi connectivity index (χ2v) is 6.37. The minimum absolute atomic E-state index is 0.335. The minimum Gasteiger partial charge on any atom is -0.443 e. The summed E-state index contributed by atoms with van der Waals surface area (Å²) in [7, 11) is 0. The lowest BCUT2D eigenvalue weighted by atomic mass is 9.91. The van der Waals surface area contributed by atoms with Crippen molar-refractivity contribution in [3.63, 3.8) is 0 Å². The van der Waals surface area contributed by atoms with E-state index < -0.39 is 17.6 Å². The molecule has 0 bridgehead atoms. The van der Waals surface area contributed by atoms with Gasteiger partial charge in [-0.1, -0.05) is 60.7 Å². The van der Waals surface area contributed by atoms with E-state index in [9.17, 15) is 9.59 Å². The van der Waals surface area contributed by atoms with Crippen LogP contribution >= 0.6 is 0 Å². The molecular formula is C19H22N2O3. The number of carbonyl (C=O) groups is 2. The molecule has 0 spiro atoms. The van der Waals surface area contributed by atoms with Gasteiger partial charge in [-0.3, -0.25) is 10.2 Å². The largest absolute Gasteiger partial charge is 0.443 e. The molecule has 0 atom stereocenters. The van der Waals surface area contributed by atoms with E-state index in [0.717, 1.165) is 11.1 Å². The van der Waals surface area contributed by atoms with E-state index >= 15 is 0 Å². The van der Waals surface area contributed by atoms with E-state index in [1.165, 1.54) is 0 Å². The van der Waals surface area contributed by atoms with Crippen LogP contribution in [0, 0.1) is 0 Å². The highest BCUT2D eigenvalue weighted by Gasteiger charge is 2.24. The number of ether oxygens (including phenoxy) is 1. The molecule has 2 rings (SSSR count). The van der Waals surface area contributed by atoms with Gasteiger partial charge < -0.3 is 4.74 Å². The van der Waals surface area contributed by atoms with E-state index in [0.29, 0.717) is 0 Å². The lowest BCUT2D eigenvalue weighted by Crippen LogP contribution is -2.46. The van der Waals surface area contributed by atoms with Gasteiger partial charge in [-0.15, -0.1) is 0 Å². The van der Waals surface area contributed by atoms with Gasteiger partial charge in [-0.2, -0.15) is 0 Å². The number of nitrogens with one attached hydrogen (secondary N) is 2. The fraction of sp³-hybridized carbons (Fsp3) is 0.263. The summed E-state index contributed by atoms with van der Waals surface area (Å²) in [4.78, 5) is 24.3. The Morgan fingerprint density at radius 3 is 1.71 bits per heavy atom. The molecule has 0 unspecified atom stereocenters. The fourth-order valence-corrected chi connectivity index (χ4v) is 2.27. The molecule has 0 aliphatic rings. The van der Waals surface area contributed by atoms with Crippen molar-refractivity contribution >= 4 is 12.0 Å². The van der Waals surface area contributed by atoms with Crippen molar-refractivity contribution in [3.05, 3.63) is 71.8 Å². The topological polar surface area (TPSA) is 67.4 Å². The van der Waals surface area contributed by atoms with Crippen molar-refractivity contribution < 1.29 is 14.3 Å². The summed E-state index contributed by atoms with van der Waals surface area (Å²) in [5.74, 6) is -0.861. The molecule has 5 heteroatoms. The molecule has 0 aliphatic heterocycles. The molecule has 2 amide bonds. The SMILES string of the molecule is CC(C)(C)OC(=O)NNC(=O)C(c1ccccc1)c1ccccc1. The summed E-state index contributed by atoms with van der Waals surface area (Å²) in [6.07, 6.45) is -0.698. The number of hydrogen-bond donors (Lipinski definition) is 2. The number of rotatable bonds is 3. The average Bonchev–Trinajstić information content (AvgIpc) is 2.54. The molecule has 2 aromatic carbocycles. The van der Waals surface area contributed by atoms with Crippen LogP contribution in [0.1, 0.15) is 37.8 Å². The molecule has 5 nitrogen and oxygen atoms in total. The van der Waals surface area contributed by atoms with E-state index in [1.54, 1.807) is 20.8 Å². The van der Waals surface area contributed by atoms with E-state index in [4.69, 9.17) is 4.74 Å². The molecule has 0 saturated heterocycles. The highest BCUT2D eigenvalue weighted by molar-refractivity contribution is 5.88. The molecule has 2 N–H and O–H groups in total. The van der Waals surface area contributed by atoms with Crippen molar-refractivity contribution in [2.24, 2.45) is 0 Å². The quantitative estimate of drug-likeness (QED) is 0.850. The van der Waals surface area contributed by atoms with Gasteiger partial charge in [0.2, 0.25) is 5.91 Å². The summed E-state index contributed by atoms with van der Waals surface area (Å²) in [5, 5.41) is 0. The Kier molecular flexibility index (Phi) is 5.58. The highest BCUT2D eigenvalue weighted by Crippen LogP contribution is 2.24. The van der Waals surface area contributed by atoms with Crippen molar-refractivity contribution in [1.82, 2.24) is 10.9 Å². The van der Waals surface area contributed by atoms with Gasteiger partial charge in [0, 0.05) is 0 Å². The van der Waals surface area contributed by atoms with Crippen LogP contribution in [0.3, 0.4) is 0 Å². The molecule has 126 valence electrons. The molecule has 0 fully saturated rings. The van der Waals surface area contributed by atoms with Crippen LogP contribution in [0.15, 0.2) is 60.7 Å². The smallest absolute Gasteiger partial charge is 0.426 e. The van der Waals surface area contributed by atoms with Crippen molar-refractivity contribution in [3.8, 4) is 0 Å². The Morgan fingerprint density at radius 1 is 0.833 bits per heavy atom. The molecule has 24 heavy (non-hydrogen) atoms. The summed E-state index contributed by atoms with van der Waals surface area (Å²) < 4.78 is 5.11. The van der Waals surface area contributed by atoms with Crippen LogP contribution in [0.25, 0.3) is 0 Å². The molecule has 0 heterocycles. The van der Waals surface area contributed by atoms with Crippen LogP contribution in [-0.4, -0.2) is 17.6 Å². The normalized spacial score (nSPS) is 11.0. The number of carbonyl (C=O) groups excluding carboxylic acids is 2. The lowest BCUT2D eigenvalue weighted by Gasteiger charge is -2.21. The molecule has 0 aromatic heterocycles. The van der Waals surface area contributed by atoms with Crippen LogP contribution in [0.5, 0.6) is 0 Å². The maximum absolute atomic E-state index is 12.6. The Bertz CT molecular complexity index is 639. The van der Waals surface area contributed by atoms with Gasteiger partial charge in [0.25, 0.3) is 0 Å². The monoisotopic (exact) mass is 326 g/mol. The standard InChI is InChI=1S/C19H22N2O3/c1-19(2,3)24-18(23)21-20-17(22)16(14-10-6-4-7-11-14)15-12-8-5-9-13-15/h4-13,16H,1-3H3,(H,20,22)(H,21,23). The second-order valence-electron chi connectivity index (χ2n) is 6.37. The number of hydrogen-bond acceptors (Lipinski definition) is 3. The highest BCUT2D eigenvalue weighted by atomic mass is 16.6. The minimum atomic E-state index is -0.698. The van der Waals surface area contributed by atoms with E-state index in [1.807, 2.05) is 60.7 Å². The van der Waals surface area contributed by atoms with Crippen LogP contribution < -0.4 is 10.9 Å². The predicted octanol–water partition coefficient (Wildman–Crippen LogP) is 3.37. The molecule has 0 aliphatic carbocycles. The third-order valence-corrected chi connectivity index (χ3v) is 3.21. The second kappa shape index (κ2) is 7.64. The first-order chi connectivity index (χ1) is 11.4. The molecule has 0 radical (unpaired) electrons. The fourth-order valence-electron chi connectivity index (χ4n) is 2.27. The van der Waals surface area contributed by atoms with Gasteiger partial charge >= 0.3 is 6.09 Å². The van der Waals surface area contributed by atoms with Gasteiger partial charge in [0.15, 0.2) is 0 Å². The van der Waals surface area contributed by atoms with Gasteiger partial charge in [0.05, 0.1) is 5.92 Å². The van der Waals surface area contributed by atoms with Gasteiger partial charge in [-0.25, -0.2) is 10.2 Å². The van der Waals surface area contributed by atoms with Crippen LogP contribution in [-0.2, 0) is 9.53 Å². The first kappa shape index (κ1) is 17.5. The lowest BCUT2D eigenvalue weighted by molar-refractivity contribution is -0.122. The van der Waals surface area contributed by atoms with Gasteiger partial charge in [-0.05, 0) is 31.9 Å². The third-order valence-electron chi connectivity index (χ3n) is 3.21. The Balaban J connectivity index is 2.13. The zero-order valence-corrected chi connectivity index (χ0v) is 14.1. The Labute approximate surface area is 142 Å². The van der Waals surface area contributed by atoms with Gasteiger partial charge in [0.1, 0.15) is 5.60 Å². The Morgan fingerprint density at radius 2 is 1.29 bits per heavy atom. The van der Waals surface area contributed by atoms with Crippen molar-refractivity contribution in [1.29, 1.82) is 0 Å². The van der Waals surface area contributed by atoms with Crippen LogP contribution in [0.2, 0.25) is 0 Å². The maximum Gasteiger partial charge on any atom is 0.426 e. The summed E-state index contributed by atoms with van der Waals surface area (Å²) in [6, 6.07) is 18.8. The maximum atomic E-state index is 12.6. The zero-order chi connectivity index (χ0) is 17.6. The predicted molar refractivity (Wildman–Crippen MR) is 92.2 cm³/mol. The number of hydrazine groups is 1. The zero-order valence-electron chi connectivity index (χ0n) is 14.1. The Hall–Kier alpha value is -2.82. The molecule has 2 aromatic rings. The van der Waals surface area contributed by atoms with E-state index in [2.05, 4.69) is 10.9 Å². The number of benzene rings is 2. The summed E-state index contributed by atoms with van der Waals surface area (Å²) in [6.45, 7) is 5.27.